The summed E-state index contributed by atoms with van der Waals surface area (Å²) in [5, 5.41) is 0. The van der Waals surface area contributed by atoms with Gasteiger partial charge in [0.25, 0.3) is 0 Å². The van der Waals surface area contributed by atoms with Crippen molar-refractivity contribution in [2.45, 2.75) is 6.92 Å². The first-order chi connectivity index (χ1) is 9.15. The molecule has 4 amide bonds. The van der Waals surface area contributed by atoms with Crippen molar-refractivity contribution in [3.63, 3.8) is 0 Å². The van der Waals surface area contributed by atoms with Crippen molar-refractivity contribution in [3.8, 4) is 0 Å². The number of likely N-dealkylation sites (N-methyl/N-ethyl adjacent to an activating group) is 1. The Labute approximate surface area is 111 Å². The van der Waals surface area contributed by atoms with Crippen LogP contribution in [0.4, 0.5) is 4.79 Å². The van der Waals surface area contributed by atoms with Gasteiger partial charge in [0.15, 0.2) is 0 Å². The zero-order valence-corrected chi connectivity index (χ0v) is 10.6. The second-order valence-corrected chi connectivity index (χ2v) is 4.06. The van der Waals surface area contributed by atoms with E-state index >= 15 is 0 Å². The van der Waals surface area contributed by atoms with Crippen LogP contribution in [0.15, 0.2) is 36.4 Å². The van der Waals surface area contributed by atoms with Crippen molar-refractivity contribution in [1.82, 2.24) is 9.80 Å². The molecule has 0 radical (unpaired) electrons. The quantitative estimate of drug-likeness (QED) is 0.607. The summed E-state index contributed by atoms with van der Waals surface area (Å²) in [4.78, 5) is 36.8. The summed E-state index contributed by atoms with van der Waals surface area (Å²) in [6, 6.07) is 8.97. The maximum absolute atomic E-state index is 11.8. The van der Waals surface area contributed by atoms with E-state index in [1.54, 1.807) is 19.1 Å². The first-order valence-corrected chi connectivity index (χ1v) is 6.04. The Bertz CT molecular complexity index is 537. The fraction of sp³-hybridized carbons (Fsp3) is 0.214. The van der Waals surface area contributed by atoms with E-state index in [9.17, 15) is 14.4 Å². The molecule has 0 atom stereocenters. The molecule has 5 heteroatoms. The van der Waals surface area contributed by atoms with Crippen molar-refractivity contribution in [2.75, 3.05) is 13.1 Å². The van der Waals surface area contributed by atoms with E-state index in [0.717, 1.165) is 15.4 Å². The summed E-state index contributed by atoms with van der Waals surface area (Å²) < 4.78 is 0. The van der Waals surface area contributed by atoms with Gasteiger partial charge >= 0.3 is 17.8 Å². The van der Waals surface area contributed by atoms with Crippen LogP contribution in [-0.2, 0) is 9.59 Å². The molecule has 1 fully saturated rings. The minimum atomic E-state index is -0.760. The highest BCUT2D eigenvalue weighted by atomic mass is 16.2. The van der Waals surface area contributed by atoms with Gasteiger partial charge in [-0.15, -0.1) is 0 Å². The highest BCUT2D eigenvalue weighted by Gasteiger charge is 2.42. The smallest absolute Gasteiger partial charge is 0.263 e. The topological polar surface area (TPSA) is 57.7 Å². The second-order valence-electron chi connectivity index (χ2n) is 4.06. The van der Waals surface area contributed by atoms with Crippen LogP contribution in [-0.4, -0.2) is 40.7 Å². The zero-order chi connectivity index (χ0) is 13.8. The maximum atomic E-state index is 11.8. The molecule has 0 aromatic heterocycles. The Kier molecular flexibility index (Phi) is 3.75. The van der Waals surface area contributed by atoms with Crippen molar-refractivity contribution >= 4 is 23.9 Å². The number of imide groups is 2. The van der Waals surface area contributed by atoms with Gasteiger partial charge in [0.1, 0.15) is 0 Å². The maximum Gasteiger partial charge on any atom is 0.334 e. The van der Waals surface area contributed by atoms with E-state index in [0.29, 0.717) is 0 Å². The average molecular weight is 258 g/mol. The molecule has 1 aliphatic heterocycles. The lowest BCUT2D eigenvalue weighted by molar-refractivity contribution is -0.143. The number of carbonyl (C=O) groups is 3. The monoisotopic (exact) mass is 258 g/mol. The minimum Gasteiger partial charge on any atom is -0.263 e. The van der Waals surface area contributed by atoms with Gasteiger partial charge < -0.3 is 0 Å². The Morgan fingerprint density at radius 3 is 2.21 bits per heavy atom. The van der Waals surface area contributed by atoms with Crippen LogP contribution in [0, 0.1) is 0 Å². The number of benzene rings is 1. The van der Waals surface area contributed by atoms with Crippen LogP contribution in [0.5, 0.6) is 0 Å². The molecule has 0 spiro atoms. The summed E-state index contributed by atoms with van der Waals surface area (Å²) in [6.45, 7) is 1.98. The Balaban J connectivity index is 2.04. The molecule has 1 aliphatic rings. The lowest BCUT2D eigenvalue weighted by Gasteiger charge is -2.11. The SMILES string of the molecule is CCN1C(=O)C(=O)N(C/C=C/c2ccccc2)C1=O. The fourth-order valence-electron chi connectivity index (χ4n) is 1.85. The predicted octanol–water partition coefficient (Wildman–Crippen LogP) is 1.51. The Morgan fingerprint density at radius 1 is 1.00 bits per heavy atom. The number of hydrogen-bond acceptors (Lipinski definition) is 3. The van der Waals surface area contributed by atoms with Crippen LogP contribution in [0.2, 0.25) is 0 Å². The van der Waals surface area contributed by atoms with Crippen molar-refractivity contribution in [1.29, 1.82) is 0 Å². The zero-order valence-electron chi connectivity index (χ0n) is 10.6. The molecule has 1 aromatic rings. The van der Waals surface area contributed by atoms with E-state index in [2.05, 4.69) is 0 Å². The summed E-state index contributed by atoms with van der Waals surface area (Å²) >= 11 is 0. The standard InChI is InChI=1S/C14H14N2O3/c1-2-15-12(17)13(18)16(14(15)19)10-6-9-11-7-4-3-5-8-11/h3-9H,2,10H2,1H3/b9-6+. The second kappa shape index (κ2) is 5.48. The van der Waals surface area contributed by atoms with Gasteiger partial charge in [-0.2, -0.15) is 0 Å². The number of hydrogen-bond donors (Lipinski definition) is 0. The largest absolute Gasteiger partial charge is 0.334 e. The third-order valence-electron chi connectivity index (χ3n) is 2.85. The molecule has 0 aliphatic carbocycles. The molecule has 1 aromatic carbocycles. The number of nitrogens with zero attached hydrogens (tertiary/aromatic N) is 2. The van der Waals surface area contributed by atoms with Crippen LogP contribution < -0.4 is 0 Å². The van der Waals surface area contributed by atoms with E-state index in [-0.39, 0.29) is 13.1 Å². The summed E-state index contributed by atoms with van der Waals surface area (Å²) in [5.41, 5.74) is 0.972. The predicted molar refractivity (Wildman–Crippen MR) is 70.0 cm³/mol. The molecule has 2 rings (SSSR count). The van der Waals surface area contributed by atoms with E-state index in [4.69, 9.17) is 0 Å². The summed E-state index contributed by atoms with van der Waals surface area (Å²) in [7, 11) is 0. The molecule has 0 bridgehead atoms. The minimum absolute atomic E-state index is 0.106. The highest BCUT2D eigenvalue weighted by Crippen LogP contribution is 2.11. The molecule has 19 heavy (non-hydrogen) atoms. The Morgan fingerprint density at radius 2 is 1.63 bits per heavy atom. The molecule has 0 saturated carbocycles. The van der Waals surface area contributed by atoms with Crippen molar-refractivity contribution < 1.29 is 14.4 Å². The third-order valence-corrected chi connectivity index (χ3v) is 2.85. The number of carbonyl (C=O) groups excluding carboxylic acids is 3. The van der Waals surface area contributed by atoms with Gasteiger partial charge in [-0.25, -0.2) is 4.79 Å². The highest BCUT2D eigenvalue weighted by molar-refractivity contribution is 6.44. The molecule has 0 unspecified atom stereocenters. The van der Waals surface area contributed by atoms with Gasteiger partial charge in [-0.05, 0) is 12.5 Å². The molecular weight excluding hydrogens is 244 g/mol. The van der Waals surface area contributed by atoms with Crippen molar-refractivity contribution in [2.24, 2.45) is 0 Å². The van der Waals surface area contributed by atoms with Crippen LogP contribution in [0.3, 0.4) is 0 Å². The van der Waals surface area contributed by atoms with E-state index in [1.807, 2.05) is 30.3 Å². The fourth-order valence-corrected chi connectivity index (χ4v) is 1.85. The first kappa shape index (κ1) is 13.0. The average Bonchev–Trinajstić information content (AvgIpc) is 2.63. The first-order valence-electron chi connectivity index (χ1n) is 6.04. The van der Waals surface area contributed by atoms with Gasteiger partial charge in [-0.3, -0.25) is 19.4 Å². The van der Waals surface area contributed by atoms with E-state index < -0.39 is 17.8 Å². The van der Waals surface area contributed by atoms with E-state index in [1.165, 1.54) is 0 Å². The number of rotatable bonds is 4. The molecule has 1 heterocycles. The van der Waals surface area contributed by atoms with Crippen LogP contribution >= 0.6 is 0 Å². The van der Waals surface area contributed by atoms with Gasteiger partial charge in [-0.1, -0.05) is 42.5 Å². The van der Waals surface area contributed by atoms with Crippen molar-refractivity contribution in [3.05, 3.63) is 42.0 Å². The summed E-state index contributed by atoms with van der Waals surface area (Å²) in [5.74, 6) is -1.51. The molecule has 5 nitrogen and oxygen atoms in total. The lowest BCUT2D eigenvalue weighted by atomic mass is 10.2. The number of amides is 4. The normalized spacial score (nSPS) is 15.9. The molecule has 1 saturated heterocycles. The molecule has 98 valence electrons. The third kappa shape index (κ3) is 2.54. The Hall–Kier alpha value is -2.43. The van der Waals surface area contributed by atoms with Crippen LogP contribution in [0.25, 0.3) is 6.08 Å². The molecule has 0 N–H and O–H groups in total. The molecular formula is C14H14N2O3. The summed E-state index contributed by atoms with van der Waals surface area (Å²) in [6.07, 6.45) is 3.50. The van der Waals surface area contributed by atoms with Gasteiger partial charge in [0.05, 0.1) is 0 Å². The van der Waals surface area contributed by atoms with Gasteiger partial charge in [0.2, 0.25) is 0 Å². The van der Waals surface area contributed by atoms with Crippen LogP contribution in [0.1, 0.15) is 12.5 Å². The number of urea groups is 1. The lowest BCUT2D eigenvalue weighted by Crippen LogP contribution is -2.33. The van der Waals surface area contributed by atoms with Gasteiger partial charge in [0, 0.05) is 13.1 Å².